The molecule has 0 radical (unpaired) electrons. The number of nitrogens with two attached hydrogens (primary N) is 1. The third-order valence-electron chi connectivity index (χ3n) is 2.21. The van der Waals surface area contributed by atoms with Crippen LogP contribution in [0.1, 0.15) is 26.2 Å². The van der Waals surface area contributed by atoms with Gasteiger partial charge in [0.05, 0.1) is 10.7 Å². The molecule has 1 unspecified atom stereocenters. The van der Waals surface area contributed by atoms with Gasteiger partial charge in [0, 0.05) is 12.5 Å². The molecule has 0 fully saturated rings. The van der Waals surface area contributed by atoms with Crippen LogP contribution in [0.3, 0.4) is 0 Å². The van der Waals surface area contributed by atoms with Crippen molar-refractivity contribution >= 4 is 23.2 Å². The van der Waals surface area contributed by atoms with Gasteiger partial charge in [-0.3, -0.25) is 4.79 Å². The van der Waals surface area contributed by atoms with Crippen molar-refractivity contribution in [2.75, 3.05) is 5.32 Å². The van der Waals surface area contributed by atoms with Gasteiger partial charge in [0.25, 0.3) is 0 Å². The number of carbonyl (C=O) groups excluding carboxylic acids is 1. The van der Waals surface area contributed by atoms with E-state index in [-0.39, 0.29) is 11.9 Å². The van der Waals surface area contributed by atoms with Gasteiger partial charge in [-0.25, -0.2) is 0 Å². The second-order valence-electron chi connectivity index (χ2n) is 3.90. The Hall–Kier alpha value is -1.06. The summed E-state index contributed by atoms with van der Waals surface area (Å²) in [5.74, 6) is -0.0197. The monoisotopic (exact) mass is 240 g/mol. The summed E-state index contributed by atoms with van der Waals surface area (Å²) in [5, 5.41) is 3.33. The van der Waals surface area contributed by atoms with Crippen molar-refractivity contribution in [3.8, 4) is 0 Å². The van der Waals surface area contributed by atoms with Crippen molar-refractivity contribution in [1.29, 1.82) is 0 Å². The first-order valence-corrected chi connectivity index (χ1v) is 5.77. The number of carbonyl (C=O) groups is 1. The molecule has 88 valence electrons. The lowest BCUT2D eigenvalue weighted by atomic mass is 10.1. The number of amides is 1. The highest BCUT2D eigenvalue weighted by atomic mass is 35.5. The van der Waals surface area contributed by atoms with Gasteiger partial charge in [-0.2, -0.15) is 0 Å². The molecular weight excluding hydrogens is 224 g/mol. The van der Waals surface area contributed by atoms with Crippen LogP contribution < -0.4 is 11.1 Å². The van der Waals surface area contributed by atoms with Gasteiger partial charge < -0.3 is 11.1 Å². The minimum atomic E-state index is -0.0197. The number of hydrogen-bond donors (Lipinski definition) is 2. The average molecular weight is 241 g/mol. The number of nitrogens with one attached hydrogen (secondary N) is 1. The first kappa shape index (κ1) is 13.0. The lowest BCUT2D eigenvalue weighted by Gasteiger charge is -2.07. The van der Waals surface area contributed by atoms with E-state index in [0.29, 0.717) is 17.1 Å². The molecule has 4 heteroatoms. The molecule has 1 amide bonds. The van der Waals surface area contributed by atoms with Crippen LogP contribution in [-0.2, 0) is 4.79 Å². The van der Waals surface area contributed by atoms with Crippen LogP contribution in [0.5, 0.6) is 0 Å². The molecule has 3 N–H and O–H groups in total. The molecule has 0 saturated carbocycles. The third kappa shape index (κ3) is 4.64. The van der Waals surface area contributed by atoms with Crippen LogP contribution in [0.25, 0.3) is 0 Å². The SMILES string of the molecule is CC(N)CCCC(=O)Nc1ccccc1Cl. The van der Waals surface area contributed by atoms with Crippen molar-refractivity contribution < 1.29 is 4.79 Å². The predicted molar refractivity (Wildman–Crippen MR) is 67.6 cm³/mol. The summed E-state index contributed by atoms with van der Waals surface area (Å²) < 4.78 is 0. The maximum Gasteiger partial charge on any atom is 0.224 e. The first-order chi connectivity index (χ1) is 7.59. The second-order valence-corrected chi connectivity index (χ2v) is 4.30. The Morgan fingerprint density at radius 1 is 1.50 bits per heavy atom. The highest BCUT2D eigenvalue weighted by Crippen LogP contribution is 2.20. The van der Waals surface area contributed by atoms with Gasteiger partial charge >= 0.3 is 0 Å². The number of halogens is 1. The molecule has 1 aromatic rings. The van der Waals surface area contributed by atoms with Crippen molar-refractivity contribution in [2.45, 2.75) is 32.2 Å². The topological polar surface area (TPSA) is 55.1 Å². The summed E-state index contributed by atoms with van der Waals surface area (Å²) in [6.07, 6.45) is 2.14. The van der Waals surface area contributed by atoms with E-state index < -0.39 is 0 Å². The Morgan fingerprint density at radius 3 is 2.81 bits per heavy atom. The summed E-state index contributed by atoms with van der Waals surface area (Å²) in [6, 6.07) is 7.34. The molecule has 3 nitrogen and oxygen atoms in total. The summed E-state index contributed by atoms with van der Waals surface area (Å²) in [4.78, 5) is 11.5. The fraction of sp³-hybridized carbons (Fsp3) is 0.417. The lowest BCUT2D eigenvalue weighted by molar-refractivity contribution is -0.116. The first-order valence-electron chi connectivity index (χ1n) is 5.39. The molecule has 0 aromatic heterocycles. The van der Waals surface area contributed by atoms with Crippen molar-refractivity contribution in [1.82, 2.24) is 0 Å². The van der Waals surface area contributed by atoms with Gasteiger partial charge in [0.2, 0.25) is 5.91 Å². The normalized spacial score (nSPS) is 12.2. The molecule has 0 spiro atoms. The zero-order valence-corrected chi connectivity index (χ0v) is 10.1. The molecule has 0 aliphatic heterocycles. The van der Waals surface area contributed by atoms with Gasteiger partial charge in [-0.15, -0.1) is 0 Å². The van der Waals surface area contributed by atoms with Gasteiger partial charge in [-0.1, -0.05) is 23.7 Å². The number of benzene rings is 1. The van der Waals surface area contributed by atoms with Crippen molar-refractivity contribution in [2.24, 2.45) is 5.73 Å². The Labute approximate surface area is 101 Å². The fourth-order valence-corrected chi connectivity index (χ4v) is 1.54. The zero-order chi connectivity index (χ0) is 12.0. The predicted octanol–water partition coefficient (Wildman–Crippen LogP) is 2.80. The molecule has 0 bridgehead atoms. The Kier molecular flexibility index (Phi) is 5.29. The van der Waals surface area contributed by atoms with Gasteiger partial charge in [0.1, 0.15) is 0 Å². The maximum atomic E-state index is 11.5. The number of hydrogen-bond acceptors (Lipinski definition) is 2. The average Bonchev–Trinajstić information content (AvgIpc) is 2.21. The largest absolute Gasteiger partial charge is 0.328 e. The van der Waals surface area contributed by atoms with E-state index in [1.54, 1.807) is 12.1 Å². The summed E-state index contributed by atoms with van der Waals surface area (Å²) >= 11 is 5.92. The molecular formula is C12H17ClN2O. The van der Waals surface area contributed by atoms with E-state index in [9.17, 15) is 4.79 Å². The molecule has 1 atom stereocenters. The van der Waals surface area contributed by atoms with Gasteiger partial charge in [-0.05, 0) is 31.9 Å². The van der Waals surface area contributed by atoms with Crippen molar-refractivity contribution in [3.63, 3.8) is 0 Å². The standard InChI is InChI=1S/C12H17ClN2O/c1-9(14)5-4-8-12(16)15-11-7-3-2-6-10(11)13/h2-3,6-7,9H,4-5,8,14H2,1H3,(H,15,16). The van der Waals surface area contributed by atoms with E-state index in [0.717, 1.165) is 12.8 Å². The lowest BCUT2D eigenvalue weighted by Crippen LogP contribution is -2.16. The molecule has 0 aliphatic carbocycles. The van der Waals surface area contributed by atoms with E-state index in [4.69, 9.17) is 17.3 Å². The summed E-state index contributed by atoms with van der Waals surface area (Å²) in [5.41, 5.74) is 6.26. The fourth-order valence-electron chi connectivity index (χ4n) is 1.36. The number of rotatable bonds is 5. The molecule has 0 aliphatic rings. The van der Waals surface area contributed by atoms with E-state index in [1.165, 1.54) is 0 Å². The zero-order valence-electron chi connectivity index (χ0n) is 9.37. The minimum Gasteiger partial charge on any atom is -0.328 e. The summed E-state index contributed by atoms with van der Waals surface area (Å²) in [6.45, 7) is 1.94. The van der Waals surface area contributed by atoms with E-state index in [2.05, 4.69) is 5.32 Å². The highest BCUT2D eigenvalue weighted by molar-refractivity contribution is 6.33. The Bertz CT molecular complexity index is 353. The third-order valence-corrected chi connectivity index (χ3v) is 2.54. The van der Waals surface area contributed by atoms with Crippen molar-refractivity contribution in [3.05, 3.63) is 29.3 Å². The Morgan fingerprint density at radius 2 is 2.19 bits per heavy atom. The van der Waals surface area contributed by atoms with Crippen LogP contribution in [0.2, 0.25) is 5.02 Å². The summed E-state index contributed by atoms with van der Waals surface area (Å²) in [7, 11) is 0. The Balaban J connectivity index is 2.37. The van der Waals surface area contributed by atoms with Crippen LogP contribution in [0.4, 0.5) is 5.69 Å². The minimum absolute atomic E-state index is 0.0197. The maximum absolute atomic E-state index is 11.5. The highest BCUT2D eigenvalue weighted by Gasteiger charge is 2.05. The van der Waals surface area contributed by atoms with Crippen LogP contribution in [-0.4, -0.2) is 11.9 Å². The number of anilines is 1. The molecule has 16 heavy (non-hydrogen) atoms. The van der Waals surface area contributed by atoms with E-state index in [1.807, 2.05) is 19.1 Å². The molecule has 1 rings (SSSR count). The smallest absolute Gasteiger partial charge is 0.224 e. The molecule has 0 heterocycles. The number of para-hydroxylation sites is 1. The van der Waals surface area contributed by atoms with Crippen LogP contribution in [0, 0.1) is 0 Å². The van der Waals surface area contributed by atoms with Crippen LogP contribution >= 0.6 is 11.6 Å². The quantitative estimate of drug-likeness (QED) is 0.832. The molecule has 1 aromatic carbocycles. The van der Waals surface area contributed by atoms with Gasteiger partial charge in [0.15, 0.2) is 0 Å². The second kappa shape index (κ2) is 6.51. The molecule has 0 saturated heterocycles. The van der Waals surface area contributed by atoms with Crippen LogP contribution in [0.15, 0.2) is 24.3 Å². The van der Waals surface area contributed by atoms with E-state index >= 15 is 0 Å².